The van der Waals surface area contributed by atoms with Crippen molar-refractivity contribution in [1.29, 1.82) is 0 Å². The van der Waals surface area contributed by atoms with Gasteiger partial charge in [-0.2, -0.15) is 0 Å². The van der Waals surface area contributed by atoms with E-state index in [-0.39, 0.29) is 6.04 Å². The summed E-state index contributed by atoms with van der Waals surface area (Å²) >= 11 is 5.89. The summed E-state index contributed by atoms with van der Waals surface area (Å²) in [4.78, 5) is 7.95. The van der Waals surface area contributed by atoms with E-state index in [0.717, 1.165) is 11.3 Å². The van der Waals surface area contributed by atoms with Gasteiger partial charge in [0, 0.05) is 11.2 Å². The van der Waals surface area contributed by atoms with Crippen LogP contribution in [-0.4, -0.2) is 9.97 Å². The van der Waals surface area contributed by atoms with Crippen molar-refractivity contribution in [3.05, 3.63) is 59.1 Å². The molecule has 0 aliphatic heterocycles. The molecule has 15 heavy (non-hydrogen) atoms. The summed E-state index contributed by atoms with van der Waals surface area (Å²) in [5.74, 6) is 0. The smallest absolute Gasteiger partial charge is 0.115 e. The van der Waals surface area contributed by atoms with Crippen LogP contribution in [0.15, 0.2) is 42.9 Å². The predicted molar refractivity (Wildman–Crippen MR) is 59.5 cm³/mol. The highest BCUT2D eigenvalue weighted by Gasteiger charge is 2.09. The third-order valence-corrected chi connectivity index (χ3v) is 2.37. The fourth-order valence-electron chi connectivity index (χ4n) is 1.36. The van der Waals surface area contributed by atoms with Crippen LogP contribution >= 0.6 is 11.6 Å². The van der Waals surface area contributed by atoms with Crippen LogP contribution in [0, 0.1) is 0 Å². The van der Waals surface area contributed by atoms with E-state index in [1.165, 1.54) is 6.33 Å². The molecule has 1 aromatic heterocycles. The first-order valence-corrected chi connectivity index (χ1v) is 4.92. The van der Waals surface area contributed by atoms with E-state index in [0.29, 0.717) is 5.02 Å². The summed E-state index contributed by atoms with van der Waals surface area (Å²) in [6.07, 6.45) is 3.16. The van der Waals surface area contributed by atoms with Crippen LogP contribution in [0.3, 0.4) is 0 Å². The minimum absolute atomic E-state index is 0.258. The minimum Gasteiger partial charge on any atom is -0.319 e. The molecule has 2 N–H and O–H groups in total. The van der Waals surface area contributed by atoms with Crippen molar-refractivity contribution in [2.75, 3.05) is 0 Å². The molecule has 4 heteroatoms. The Kier molecular flexibility index (Phi) is 2.94. The number of nitrogens with zero attached hydrogens (tertiary/aromatic N) is 2. The third kappa shape index (κ3) is 2.32. The van der Waals surface area contributed by atoms with Crippen molar-refractivity contribution in [3.8, 4) is 0 Å². The molecule has 0 saturated heterocycles. The zero-order valence-corrected chi connectivity index (χ0v) is 8.72. The molecule has 1 unspecified atom stereocenters. The van der Waals surface area contributed by atoms with Crippen molar-refractivity contribution in [1.82, 2.24) is 9.97 Å². The molecule has 0 aliphatic rings. The van der Waals surface area contributed by atoms with Gasteiger partial charge in [-0.1, -0.05) is 23.7 Å². The Morgan fingerprint density at radius 1 is 1.27 bits per heavy atom. The highest BCUT2D eigenvalue weighted by molar-refractivity contribution is 6.30. The van der Waals surface area contributed by atoms with Crippen LogP contribution in [-0.2, 0) is 0 Å². The average molecular weight is 220 g/mol. The molecule has 0 saturated carbocycles. The molecular weight excluding hydrogens is 210 g/mol. The van der Waals surface area contributed by atoms with Crippen molar-refractivity contribution < 1.29 is 0 Å². The van der Waals surface area contributed by atoms with E-state index in [1.54, 1.807) is 12.3 Å². The molecule has 2 rings (SSSR count). The second-order valence-electron chi connectivity index (χ2n) is 3.17. The molecule has 1 atom stereocenters. The van der Waals surface area contributed by atoms with Gasteiger partial charge in [0.05, 0.1) is 11.7 Å². The van der Waals surface area contributed by atoms with E-state index < -0.39 is 0 Å². The van der Waals surface area contributed by atoms with Gasteiger partial charge in [-0.25, -0.2) is 9.97 Å². The summed E-state index contributed by atoms with van der Waals surface area (Å²) < 4.78 is 0. The quantitative estimate of drug-likeness (QED) is 0.842. The van der Waals surface area contributed by atoms with E-state index in [9.17, 15) is 0 Å². The normalized spacial score (nSPS) is 12.4. The molecule has 1 aromatic carbocycles. The number of hydrogen-bond donors (Lipinski definition) is 1. The maximum Gasteiger partial charge on any atom is 0.115 e. The van der Waals surface area contributed by atoms with Crippen molar-refractivity contribution in [2.45, 2.75) is 6.04 Å². The van der Waals surface area contributed by atoms with Gasteiger partial charge < -0.3 is 5.73 Å². The number of nitrogens with two attached hydrogens (primary N) is 1. The molecule has 2 aromatic rings. The maximum absolute atomic E-state index is 6.04. The summed E-state index contributed by atoms with van der Waals surface area (Å²) in [6.45, 7) is 0. The molecule has 0 fully saturated rings. The van der Waals surface area contributed by atoms with Gasteiger partial charge in [-0.3, -0.25) is 0 Å². The van der Waals surface area contributed by atoms with Crippen LogP contribution in [0.5, 0.6) is 0 Å². The molecule has 0 spiro atoms. The van der Waals surface area contributed by atoms with Gasteiger partial charge >= 0.3 is 0 Å². The van der Waals surface area contributed by atoms with Crippen LogP contribution in [0.2, 0.25) is 5.02 Å². The molecule has 0 radical (unpaired) electrons. The lowest BCUT2D eigenvalue weighted by Gasteiger charge is -2.10. The van der Waals surface area contributed by atoms with E-state index in [2.05, 4.69) is 9.97 Å². The lowest BCUT2D eigenvalue weighted by atomic mass is 10.0. The molecule has 0 amide bonds. The summed E-state index contributed by atoms with van der Waals surface area (Å²) in [7, 11) is 0. The minimum atomic E-state index is -0.258. The fourth-order valence-corrected chi connectivity index (χ4v) is 1.55. The van der Waals surface area contributed by atoms with E-state index in [1.807, 2.05) is 24.3 Å². The zero-order valence-electron chi connectivity index (χ0n) is 7.97. The largest absolute Gasteiger partial charge is 0.319 e. The molecule has 3 nitrogen and oxygen atoms in total. The Bertz CT molecular complexity index is 445. The standard InChI is InChI=1S/C11H10ClN3/c12-9-3-1-2-8(6-9)11(13)10-4-5-14-7-15-10/h1-7,11H,13H2. The number of benzene rings is 1. The van der Waals surface area contributed by atoms with Crippen molar-refractivity contribution >= 4 is 11.6 Å². The number of rotatable bonds is 2. The lowest BCUT2D eigenvalue weighted by Crippen LogP contribution is -2.13. The molecule has 76 valence electrons. The van der Waals surface area contributed by atoms with Crippen LogP contribution in [0.1, 0.15) is 17.3 Å². The second-order valence-corrected chi connectivity index (χ2v) is 3.60. The molecular formula is C11H10ClN3. The second kappa shape index (κ2) is 4.38. The Hall–Kier alpha value is -1.45. The Morgan fingerprint density at radius 3 is 2.80 bits per heavy atom. The topological polar surface area (TPSA) is 51.8 Å². The molecule has 0 aliphatic carbocycles. The average Bonchev–Trinajstić information content (AvgIpc) is 2.29. The number of halogens is 1. The Morgan fingerprint density at radius 2 is 2.13 bits per heavy atom. The third-order valence-electron chi connectivity index (χ3n) is 2.13. The highest BCUT2D eigenvalue weighted by Crippen LogP contribution is 2.20. The SMILES string of the molecule is NC(c1cccc(Cl)c1)c1ccncn1. The first-order chi connectivity index (χ1) is 7.27. The highest BCUT2D eigenvalue weighted by atomic mass is 35.5. The first kappa shape index (κ1) is 10.1. The maximum atomic E-state index is 6.04. The van der Waals surface area contributed by atoms with E-state index in [4.69, 9.17) is 17.3 Å². The predicted octanol–water partition coefficient (Wildman–Crippen LogP) is 2.18. The fraction of sp³-hybridized carbons (Fsp3) is 0.0909. The van der Waals surface area contributed by atoms with Gasteiger partial charge in [0.25, 0.3) is 0 Å². The number of aromatic nitrogens is 2. The molecule has 0 bridgehead atoms. The Balaban J connectivity index is 2.32. The number of hydrogen-bond acceptors (Lipinski definition) is 3. The first-order valence-electron chi connectivity index (χ1n) is 4.54. The Labute approximate surface area is 92.9 Å². The van der Waals surface area contributed by atoms with Gasteiger partial charge in [-0.05, 0) is 23.8 Å². The summed E-state index contributed by atoms with van der Waals surface area (Å²) in [5, 5.41) is 0.678. The van der Waals surface area contributed by atoms with Gasteiger partial charge in [-0.15, -0.1) is 0 Å². The van der Waals surface area contributed by atoms with Gasteiger partial charge in [0.2, 0.25) is 0 Å². The summed E-state index contributed by atoms with van der Waals surface area (Å²) in [6, 6.07) is 9.00. The van der Waals surface area contributed by atoms with Crippen LogP contribution in [0.4, 0.5) is 0 Å². The van der Waals surface area contributed by atoms with Gasteiger partial charge in [0.1, 0.15) is 6.33 Å². The van der Waals surface area contributed by atoms with Gasteiger partial charge in [0.15, 0.2) is 0 Å². The van der Waals surface area contributed by atoms with Crippen molar-refractivity contribution in [2.24, 2.45) is 5.73 Å². The summed E-state index contributed by atoms with van der Waals surface area (Å²) in [5.41, 5.74) is 7.77. The monoisotopic (exact) mass is 219 g/mol. The lowest BCUT2D eigenvalue weighted by molar-refractivity contribution is 0.820. The molecule has 1 heterocycles. The van der Waals surface area contributed by atoms with Crippen LogP contribution < -0.4 is 5.73 Å². The zero-order chi connectivity index (χ0) is 10.7. The van der Waals surface area contributed by atoms with Crippen LogP contribution in [0.25, 0.3) is 0 Å². The van der Waals surface area contributed by atoms with Crippen molar-refractivity contribution in [3.63, 3.8) is 0 Å². The van der Waals surface area contributed by atoms with E-state index >= 15 is 0 Å².